The number of ether oxygens (including phenoxy) is 1. The van der Waals surface area contributed by atoms with Gasteiger partial charge in [0, 0.05) is 0 Å². The molecule has 0 aliphatic heterocycles. The summed E-state index contributed by atoms with van der Waals surface area (Å²) >= 11 is 0. The average Bonchev–Trinajstić information content (AvgIpc) is 1.85. The molecule has 0 N–H and O–H groups in total. The van der Waals surface area contributed by atoms with Crippen molar-refractivity contribution in [3.8, 4) is 0 Å². The van der Waals surface area contributed by atoms with Crippen LogP contribution in [0.3, 0.4) is 0 Å². The van der Waals surface area contributed by atoms with Crippen molar-refractivity contribution in [3.05, 3.63) is 12.2 Å². The molecular formula is C7H8F3O. The Morgan fingerprint density at radius 1 is 1.45 bits per heavy atom. The zero-order valence-electron chi connectivity index (χ0n) is 5.82. The molecule has 1 nitrogen and oxygen atoms in total. The number of allylic oxidation sites excluding steroid dienone is 1. The van der Waals surface area contributed by atoms with Crippen molar-refractivity contribution in [1.29, 1.82) is 0 Å². The molecule has 11 heavy (non-hydrogen) atoms. The first-order valence-electron chi connectivity index (χ1n) is 3.39. The van der Waals surface area contributed by atoms with Gasteiger partial charge in [-0.3, -0.25) is 4.74 Å². The minimum atomic E-state index is -4.51. The SMILES string of the molecule is FC(F)(F)OC1C=[C]CCC1. The van der Waals surface area contributed by atoms with Crippen molar-refractivity contribution in [2.24, 2.45) is 0 Å². The first-order valence-corrected chi connectivity index (χ1v) is 3.39. The molecule has 0 heterocycles. The smallest absolute Gasteiger partial charge is 0.284 e. The summed E-state index contributed by atoms with van der Waals surface area (Å²) < 4.78 is 38.5. The van der Waals surface area contributed by atoms with Gasteiger partial charge in [0.05, 0.1) is 6.10 Å². The fraction of sp³-hybridized carbons (Fsp3) is 0.714. The lowest BCUT2D eigenvalue weighted by Gasteiger charge is -2.17. The molecule has 1 aliphatic rings. The predicted octanol–water partition coefficient (Wildman–Crippen LogP) is 2.43. The minimum absolute atomic E-state index is 0.437. The van der Waals surface area contributed by atoms with Crippen LogP contribution >= 0.6 is 0 Å². The Balaban J connectivity index is 2.36. The average molecular weight is 165 g/mol. The molecule has 0 aromatic carbocycles. The summed E-state index contributed by atoms with van der Waals surface area (Å²) in [5, 5.41) is 0. The highest BCUT2D eigenvalue weighted by atomic mass is 19.4. The lowest BCUT2D eigenvalue weighted by atomic mass is 10.1. The van der Waals surface area contributed by atoms with E-state index in [1.165, 1.54) is 6.08 Å². The number of halogens is 3. The Hall–Kier alpha value is -0.510. The van der Waals surface area contributed by atoms with Crippen LogP contribution in [0.4, 0.5) is 13.2 Å². The minimum Gasteiger partial charge on any atom is -0.284 e. The van der Waals surface area contributed by atoms with Crippen molar-refractivity contribution in [1.82, 2.24) is 0 Å². The van der Waals surface area contributed by atoms with Crippen LogP contribution in [0.25, 0.3) is 0 Å². The van der Waals surface area contributed by atoms with Crippen LogP contribution in [0.15, 0.2) is 6.08 Å². The topological polar surface area (TPSA) is 9.23 Å². The molecule has 0 saturated heterocycles. The van der Waals surface area contributed by atoms with Gasteiger partial charge in [-0.05, 0) is 25.3 Å². The second kappa shape index (κ2) is 3.26. The van der Waals surface area contributed by atoms with E-state index in [1.54, 1.807) is 0 Å². The molecule has 1 aliphatic carbocycles. The fourth-order valence-corrected chi connectivity index (χ4v) is 0.968. The van der Waals surface area contributed by atoms with Crippen LogP contribution in [-0.4, -0.2) is 12.5 Å². The van der Waals surface area contributed by atoms with E-state index in [1.807, 2.05) is 0 Å². The summed E-state index contributed by atoms with van der Waals surface area (Å²) in [4.78, 5) is 0. The molecule has 0 bridgehead atoms. The summed E-state index contributed by atoms with van der Waals surface area (Å²) in [6.45, 7) is 0. The largest absolute Gasteiger partial charge is 0.523 e. The van der Waals surface area contributed by atoms with E-state index in [9.17, 15) is 13.2 Å². The predicted molar refractivity (Wildman–Crippen MR) is 32.6 cm³/mol. The Bertz CT molecular complexity index is 150. The Morgan fingerprint density at radius 3 is 2.64 bits per heavy atom. The molecule has 1 rings (SSSR count). The third-order valence-corrected chi connectivity index (χ3v) is 1.40. The maximum absolute atomic E-state index is 11.6. The number of hydrogen-bond donors (Lipinski definition) is 0. The normalized spacial score (nSPS) is 25.5. The molecule has 0 fully saturated rings. The highest BCUT2D eigenvalue weighted by molar-refractivity contribution is 4.88. The number of rotatable bonds is 1. The summed E-state index contributed by atoms with van der Waals surface area (Å²) in [7, 11) is 0. The van der Waals surface area contributed by atoms with E-state index in [4.69, 9.17) is 0 Å². The second-order valence-corrected chi connectivity index (χ2v) is 2.37. The van der Waals surface area contributed by atoms with Crippen LogP contribution in [0.1, 0.15) is 19.3 Å². The molecule has 0 amide bonds. The Morgan fingerprint density at radius 2 is 2.18 bits per heavy atom. The summed E-state index contributed by atoms with van der Waals surface area (Å²) in [6, 6.07) is 0. The first kappa shape index (κ1) is 8.59. The van der Waals surface area contributed by atoms with Crippen LogP contribution < -0.4 is 0 Å². The van der Waals surface area contributed by atoms with Crippen LogP contribution in [0, 0.1) is 6.08 Å². The molecule has 0 spiro atoms. The van der Waals surface area contributed by atoms with E-state index in [0.717, 1.165) is 12.8 Å². The van der Waals surface area contributed by atoms with Gasteiger partial charge >= 0.3 is 6.36 Å². The molecule has 1 atom stereocenters. The summed E-state index contributed by atoms with van der Waals surface area (Å²) in [5.41, 5.74) is 0. The van der Waals surface area contributed by atoms with Crippen LogP contribution in [0.5, 0.6) is 0 Å². The van der Waals surface area contributed by atoms with Crippen molar-refractivity contribution >= 4 is 0 Å². The molecular weight excluding hydrogens is 157 g/mol. The van der Waals surface area contributed by atoms with Crippen LogP contribution in [0.2, 0.25) is 0 Å². The van der Waals surface area contributed by atoms with Gasteiger partial charge < -0.3 is 0 Å². The monoisotopic (exact) mass is 165 g/mol. The number of alkyl halides is 3. The van der Waals surface area contributed by atoms with Gasteiger partial charge in [0.25, 0.3) is 0 Å². The van der Waals surface area contributed by atoms with Crippen molar-refractivity contribution in [3.63, 3.8) is 0 Å². The summed E-state index contributed by atoms with van der Waals surface area (Å²) in [5.74, 6) is 0. The molecule has 63 valence electrons. The maximum Gasteiger partial charge on any atom is 0.523 e. The fourth-order valence-electron chi connectivity index (χ4n) is 0.968. The molecule has 0 aromatic rings. The molecule has 1 radical (unpaired) electrons. The van der Waals surface area contributed by atoms with E-state index in [0.29, 0.717) is 6.42 Å². The second-order valence-electron chi connectivity index (χ2n) is 2.37. The van der Waals surface area contributed by atoms with Gasteiger partial charge in [0.1, 0.15) is 0 Å². The van der Waals surface area contributed by atoms with Crippen molar-refractivity contribution < 1.29 is 17.9 Å². The van der Waals surface area contributed by atoms with Gasteiger partial charge in [-0.15, -0.1) is 13.2 Å². The van der Waals surface area contributed by atoms with Gasteiger partial charge in [-0.2, -0.15) is 0 Å². The summed E-state index contributed by atoms with van der Waals surface area (Å²) in [6.07, 6.45) is 0.612. The lowest BCUT2D eigenvalue weighted by molar-refractivity contribution is -0.337. The van der Waals surface area contributed by atoms with E-state index in [-0.39, 0.29) is 0 Å². The quantitative estimate of drug-likeness (QED) is 0.579. The standard InChI is InChI=1S/C7H8F3O/c8-7(9,10)11-6-4-2-1-3-5-6/h5-6H,1-2,4H2. The van der Waals surface area contributed by atoms with Gasteiger partial charge in [0.2, 0.25) is 0 Å². The lowest BCUT2D eigenvalue weighted by Crippen LogP contribution is -2.23. The van der Waals surface area contributed by atoms with Crippen molar-refractivity contribution in [2.75, 3.05) is 0 Å². The van der Waals surface area contributed by atoms with Crippen molar-refractivity contribution in [2.45, 2.75) is 31.7 Å². The molecule has 0 saturated carbocycles. The highest BCUT2D eigenvalue weighted by Gasteiger charge is 2.32. The molecule has 1 unspecified atom stereocenters. The maximum atomic E-state index is 11.6. The highest BCUT2D eigenvalue weighted by Crippen LogP contribution is 2.23. The Kier molecular flexibility index (Phi) is 2.54. The van der Waals surface area contributed by atoms with Gasteiger partial charge in [-0.25, -0.2) is 0 Å². The number of hydrogen-bond acceptors (Lipinski definition) is 1. The van der Waals surface area contributed by atoms with Gasteiger partial charge in [0.15, 0.2) is 0 Å². The van der Waals surface area contributed by atoms with E-state index in [2.05, 4.69) is 10.8 Å². The Labute approximate surface area is 62.8 Å². The molecule has 4 heteroatoms. The van der Waals surface area contributed by atoms with Gasteiger partial charge in [-0.1, -0.05) is 6.08 Å². The zero-order chi connectivity index (χ0) is 8.32. The van der Waals surface area contributed by atoms with E-state index >= 15 is 0 Å². The zero-order valence-corrected chi connectivity index (χ0v) is 5.82. The third-order valence-electron chi connectivity index (χ3n) is 1.40. The molecule has 0 aromatic heterocycles. The van der Waals surface area contributed by atoms with E-state index < -0.39 is 12.5 Å². The third kappa shape index (κ3) is 3.41. The first-order chi connectivity index (χ1) is 5.08. The van der Waals surface area contributed by atoms with Crippen LogP contribution in [-0.2, 0) is 4.74 Å².